The van der Waals surface area contributed by atoms with Crippen molar-refractivity contribution in [2.24, 2.45) is 11.8 Å². The molecule has 1 aliphatic carbocycles. The van der Waals surface area contributed by atoms with Gasteiger partial charge in [0.05, 0.1) is 7.11 Å². The summed E-state index contributed by atoms with van der Waals surface area (Å²) >= 11 is 0. The van der Waals surface area contributed by atoms with Crippen molar-refractivity contribution in [3.05, 3.63) is 35.9 Å². The molecule has 30 heavy (non-hydrogen) atoms. The number of fused-ring (bicyclic) bond motifs is 1. The van der Waals surface area contributed by atoms with Gasteiger partial charge < -0.3 is 9.64 Å². The lowest BCUT2D eigenvalue weighted by atomic mass is 9.57. The van der Waals surface area contributed by atoms with Crippen LogP contribution in [0.25, 0.3) is 0 Å². The third kappa shape index (κ3) is 3.79. The highest BCUT2D eigenvalue weighted by atomic mass is 16.5. The Bertz CT molecular complexity index is 685. The third-order valence-corrected chi connectivity index (χ3v) is 7.20. The molecule has 0 bridgehead atoms. The van der Waals surface area contributed by atoms with Crippen molar-refractivity contribution >= 4 is 5.69 Å². The van der Waals surface area contributed by atoms with E-state index in [1.165, 1.54) is 25.1 Å². The van der Waals surface area contributed by atoms with Gasteiger partial charge in [-0.05, 0) is 42.9 Å². The van der Waals surface area contributed by atoms with E-state index in [4.69, 9.17) is 4.74 Å². The fraction of sp³-hybridized carbons (Fsp3) is 0.704. The van der Waals surface area contributed by atoms with Crippen LogP contribution in [0, 0.1) is 11.8 Å². The van der Waals surface area contributed by atoms with Gasteiger partial charge in [-0.15, -0.1) is 0 Å². The quantitative estimate of drug-likeness (QED) is 0.470. The zero-order valence-electron chi connectivity index (χ0n) is 20.3. The lowest BCUT2D eigenvalue weighted by Crippen LogP contribution is -2.60. The molecule has 3 heteroatoms. The normalized spacial score (nSPS) is 31.8. The van der Waals surface area contributed by atoms with Crippen LogP contribution in [-0.4, -0.2) is 44.2 Å². The Morgan fingerprint density at radius 2 is 1.73 bits per heavy atom. The molecule has 3 heterocycles. The van der Waals surface area contributed by atoms with E-state index in [0.717, 1.165) is 18.2 Å². The number of benzene rings is 1. The average molecular weight is 417 g/mol. The van der Waals surface area contributed by atoms with E-state index in [-0.39, 0.29) is 7.43 Å². The van der Waals surface area contributed by atoms with E-state index < -0.39 is 0 Å². The highest BCUT2D eigenvalue weighted by Gasteiger charge is 2.64. The number of anilines is 1. The highest BCUT2D eigenvalue weighted by Crippen LogP contribution is 2.61. The van der Waals surface area contributed by atoms with Crippen molar-refractivity contribution in [2.75, 3.05) is 32.1 Å². The van der Waals surface area contributed by atoms with Gasteiger partial charge in [-0.25, -0.2) is 0 Å². The molecule has 1 saturated heterocycles. The number of rotatable bonds is 1. The molecule has 172 valence electrons. The Morgan fingerprint density at radius 1 is 1.07 bits per heavy atom. The minimum Gasteiger partial charge on any atom is -0.497 e. The van der Waals surface area contributed by atoms with Gasteiger partial charge in [-0.2, -0.15) is 0 Å². The Labute approximate surface area is 187 Å². The molecule has 0 amide bonds. The highest BCUT2D eigenvalue weighted by molar-refractivity contribution is 5.68. The first-order valence-corrected chi connectivity index (χ1v) is 12.0. The zero-order valence-corrected chi connectivity index (χ0v) is 20.3. The van der Waals surface area contributed by atoms with Crippen molar-refractivity contribution in [3.63, 3.8) is 0 Å². The molecule has 1 spiro atoms. The first-order valence-electron chi connectivity index (χ1n) is 12.0. The Hall–Kier alpha value is -1.48. The Balaban J connectivity index is 0.000000595. The predicted molar refractivity (Wildman–Crippen MR) is 134 cm³/mol. The summed E-state index contributed by atoms with van der Waals surface area (Å²) in [6.45, 7) is 16.8. The summed E-state index contributed by atoms with van der Waals surface area (Å²) in [6.07, 6.45) is 7.53. The molecule has 1 saturated carbocycles. The number of hydrogen-bond acceptors (Lipinski definition) is 3. The monoisotopic (exact) mass is 416 g/mol. The van der Waals surface area contributed by atoms with Crippen molar-refractivity contribution in [1.29, 1.82) is 0 Å². The van der Waals surface area contributed by atoms with Gasteiger partial charge in [-0.3, -0.25) is 4.90 Å². The van der Waals surface area contributed by atoms with E-state index in [9.17, 15) is 0 Å². The molecule has 1 aromatic rings. The summed E-state index contributed by atoms with van der Waals surface area (Å²) < 4.78 is 5.50. The van der Waals surface area contributed by atoms with Crippen LogP contribution >= 0.6 is 0 Å². The fourth-order valence-corrected chi connectivity index (χ4v) is 6.24. The van der Waals surface area contributed by atoms with Gasteiger partial charge in [0.2, 0.25) is 0 Å². The summed E-state index contributed by atoms with van der Waals surface area (Å²) in [4.78, 5) is 5.31. The van der Waals surface area contributed by atoms with Crippen molar-refractivity contribution in [2.45, 2.75) is 86.2 Å². The summed E-state index contributed by atoms with van der Waals surface area (Å²) in [5, 5.41) is 0. The summed E-state index contributed by atoms with van der Waals surface area (Å²) in [5.74, 6) is 2.45. The number of likely N-dealkylation sites (N-methyl/N-ethyl adjacent to an activating group) is 1. The maximum absolute atomic E-state index is 5.50. The second-order valence-electron chi connectivity index (χ2n) is 7.96. The van der Waals surface area contributed by atoms with Crippen LogP contribution in [0.5, 0.6) is 5.75 Å². The molecular weight excluding hydrogens is 368 g/mol. The molecule has 4 aliphatic rings. The molecule has 0 aromatic heterocycles. The van der Waals surface area contributed by atoms with E-state index in [0.29, 0.717) is 23.4 Å². The maximum atomic E-state index is 5.50. The first kappa shape index (κ1) is 26.6. The first-order chi connectivity index (χ1) is 14.2. The molecule has 3 aliphatic heterocycles. The standard InChI is InChI=1S/C20H26N2O.3C2H6.CH4/c1-13-11-18-20(8-10-22-9-4-5-15(13)19(20)22)16-7-6-14(23-3)12-17(16)21(18)2;3*1-2;/h4-7,12-13,15,18-19H,8-11H2,1-3H3;3*1-2H3;1H4. The molecule has 0 radical (unpaired) electrons. The molecule has 5 rings (SSSR count). The molecular formula is C27H48N2O. The zero-order chi connectivity index (χ0) is 21.8. The van der Waals surface area contributed by atoms with Crippen molar-refractivity contribution in [3.8, 4) is 5.75 Å². The predicted octanol–water partition coefficient (Wildman–Crippen LogP) is 6.77. The van der Waals surface area contributed by atoms with Crippen LogP contribution in [0.2, 0.25) is 0 Å². The van der Waals surface area contributed by atoms with Crippen LogP contribution in [0.15, 0.2) is 30.4 Å². The van der Waals surface area contributed by atoms with Gasteiger partial charge >= 0.3 is 0 Å². The van der Waals surface area contributed by atoms with E-state index in [2.05, 4.69) is 54.1 Å². The van der Waals surface area contributed by atoms with Crippen LogP contribution in [0.3, 0.4) is 0 Å². The van der Waals surface area contributed by atoms with Gasteiger partial charge in [0.25, 0.3) is 0 Å². The van der Waals surface area contributed by atoms with Gasteiger partial charge in [-0.1, -0.05) is 74.1 Å². The summed E-state index contributed by atoms with van der Waals surface area (Å²) in [5.41, 5.74) is 3.29. The van der Waals surface area contributed by atoms with E-state index in [1.807, 2.05) is 41.5 Å². The SMILES string of the molecule is C.CC.CC.CC.COc1ccc2c(c1)N(C)C1CC(C)C3C=CCN4CCC21C34. The lowest BCUT2D eigenvalue weighted by molar-refractivity contribution is 0.0733. The molecule has 0 N–H and O–H groups in total. The smallest absolute Gasteiger partial charge is 0.120 e. The number of ether oxygens (including phenoxy) is 1. The minimum atomic E-state index is 0. The molecule has 5 atom stereocenters. The van der Waals surface area contributed by atoms with Crippen molar-refractivity contribution < 1.29 is 4.74 Å². The topological polar surface area (TPSA) is 15.7 Å². The second-order valence-corrected chi connectivity index (χ2v) is 7.96. The minimum absolute atomic E-state index is 0. The summed E-state index contributed by atoms with van der Waals surface area (Å²) in [6, 6.07) is 8.09. The summed E-state index contributed by atoms with van der Waals surface area (Å²) in [7, 11) is 4.06. The van der Waals surface area contributed by atoms with Crippen LogP contribution in [-0.2, 0) is 5.41 Å². The van der Waals surface area contributed by atoms with Crippen LogP contribution in [0.4, 0.5) is 5.69 Å². The third-order valence-electron chi connectivity index (χ3n) is 7.20. The fourth-order valence-electron chi connectivity index (χ4n) is 6.24. The number of nitrogens with zero attached hydrogens (tertiary/aromatic N) is 2. The van der Waals surface area contributed by atoms with Gasteiger partial charge in [0.1, 0.15) is 5.75 Å². The number of hydrogen-bond donors (Lipinski definition) is 0. The lowest BCUT2D eigenvalue weighted by Gasteiger charge is -2.52. The largest absolute Gasteiger partial charge is 0.497 e. The number of methoxy groups -OCH3 is 1. The van der Waals surface area contributed by atoms with Gasteiger partial charge in [0, 0.05) is 42.8 Å². The van der Waals surface area contributed by atoms with Crippen LogP contribution < -0.4 is 9.64 Å². The van der Waals surface area contributed by atoms with Gasteiger partial charge in [0.15, 0.2) is 0 Å². The maximum Gasteiger partial charge on any atom is 0.120 e. The second kappa shape index (κ2) is 11.2. The van der Waals surface area contributed by atoms with E-state index >= 15 is 0 Å². The van der Waals surface area contributed by atoms with Crippen LogP contribution in [0.1, 0.15) is 74.3 Å². The molecule has 5 unspecified atom stereocenters. The molecule has 1 aromatic carbocycles. The average Bonchev–Trinajstić information content (AvgIpc) is 3.31. The van der Waals surface area contributed by atoms with E-state index in [1.54, 1.807) is 12.7 Å². The molecule has 2 fully saturated rings. The Kier molecular flexibility index (Phi) is 9.94. The van der Waals surface area contributed by atoms with Crippen molar-refractivity contribution in [1.82, 2.24) is 4.90 Å². The molecule has 3 nitrogen and oxygen atoms in total. The Morgan fingerprint density at radius 3 is 2.37 bits per heavy atom.